The first-order valence-corrected chi connectivity index (χ1v) is 6.03. The molecule has 1 rings (SSSR count). The first-order chi connectivity index (χ1) is 7.80. The highest BCUT2D eigenvalue weighted by atomic mass is 79.9. The summed E-state index contributed by atoms with van der Waals surface area (Å²) in [5.74, 6) is -1.96. The van der Waals surface area contributed by atoms with Gasteiger partial charge in [-0.1, -0.05) is 0 Å². The van der Waals surface area contributed by atoms with Crippen LogP contribution in [0.5, 0.6) is 0 Å². The smallest absolute Gasteiger partial charge is 0.300 e. The molecular weight excluding hydrogens is 321 g/mol. The van der Waals surface area contributed by atoms with Crippen LogP contribution in [0.4, 0.5) is 13.2 Å². The number of aromatic nitrogens is 1. The van der Waals surface area contributed by atoms with Gasteiger partial charge in [0.1, 0.15) is 0 Å². The highest BCUT2D eigenvalue weighted by molar-refractivity contribution is 9.10. The summed E-state index contributed by atoms with van der Waals surface area (Å²) in [5, 5.41) is 0. The molecule has 0 atom stereocenters. The number of hydrogen-bond acceptors (Lipinski definition) is 2. The van der Waals surface area contributed by atoms with Crippen LogP contribution in [0, 0.1) is 0 Å². The summed E-state index contributed by atoms with van der Waals surface area (Å²) in [7, 11) is 0. The van der Waals surface area contributed by atoms with E-state index in [1.807, 2.05) is 0 Å². The van der Waals surface area contributed by atoms with Crippen LogP contribution in [0.3, 0.4) is 0 Å². The molecule has 0 fully saturated rings. The molecule has 8 heteroatoms. The van der Waals surface area contributed by atoms with Crippen molar-refractivity contribution in [2.45, 2.75) is 13.1 Å². The molecule has 0 unspecified atom stereocenters. The first-order valence-electron chi connectivity index (χ1n) is 4.34. The Morgan fingerprint density at radius 2 is 2.12 bits per heavy atom. The Hall–Kier alpha value is -0.890. The van der Waals surface area contributed by atoms with E-state index >= 15 is 0 Å². The fourth-order valence-electron chi connectivity index (χ4n) is 0.845. The van der Waals surface area contributed by atoms with Crippen molar-refractivity contribution < 1.29 is 18.0 Å². The van der Waals surface area contributed by atoms with Gasteiger partial charge < -0.3 is 4.72 Å². The lowest BCUT2D eigenvalue weighted by Crippen LogP contribution is -2.32. The summed E-state index contributed by atoms with van der Waals surface area (Å²) < 4.78 is 38.2. The number of nitrogens with one attached hydrogen (secondary N) is 1. The third-order valence-corrected chi connectivity index (χ3v) is 3.03. The normalized spacial score (nSPS) is 12.9. The van der Waals surface area contributed by atoms with Crippen molar-refractivity contribution >= 4 is 38.2 Å². The van der Waals surface area contributed by atoms with Crippen LogP contribution < -0.4 is 4.72 Å². The first kappa shape index (κ1) is 14.2. The summed E-state index contributed by atoms with van der Waals surface area (Å²) in [5.41, 5.74) is 0.525. The molecule has 0 bridgehead atoms. The molecule has 0 saturated heterocycles. The van der Waals surface area contributed by atoms with Crippen LogP contribution in [0.25, 0.3) is 0 Å². The number of amides is 1. The summed E-state index contributed by atoms with van der Waals surface area (Å²) in [6.07, 6.45) is -3.33. The Balaban J connectivity index is 2.74. The Kier molecular flexibility index (Phi) is 4.70. The molecule has 94 valence electrons. The number of carbonyl (C=O) groups is 1. The van der Waals surface area contributed by atoms with Crippen molar-refractivity contribution in [3.05, 3.63) is 28.5 Å². The highest BCUT2D eigenvalue weighted by Gasteiger charge is 2.38. The second-order valence-corrected chi connectivity index (χ2v) is 5.03. The van der Waals surface area contributed by atoms with Crippen LogP contribution >= 0.6 is 27.5 Å². The van der Waals surface area contributed by atoms with Gasteiger partial charge in [0.15, 0.2) is 0 Å². The Bertz CT molecular complexity index is 445. The molecule has 0 aromatic carbocycles. The number of carbonyl (C=O) groups excluding carboxylic acids is 1. The van der Waals surface area contributed by atoms with E-state index in [9.17, 15) is 18.0 Å². The van der Waals surface area contributed by atoms with E-state index in [-0.39, 0.29) is 11.5 Å². The van der Waals surface area contributed by atoms with Crippen molar-refractivity contribution in [1.29, 1.82) is 0 Å². The van der Waals surface area contributed by atoms with Gasteiger partial charge in [0.05, 0.1) is 5.69 Å². The minimum absolute atomic E-state index is 0.0715. The molecule has 17 heavy (non-hydrogen) atoms. The van der Waals surface area contributed by atoms with Crippen molar-refractivity contribution in [1.82, 2.24) is 9.71 Å². The molecule has 1 aromatic heterocycles. The molecule has 0 aliphatic rings. The minimum Gasteiger partial charge on any atom is -0.300 e. The van der Waals surface area contributed by atoms with Gasteiger partial charge in [-0.2, -0.15) is 13.2 Å². The van der Waals surface area contributed by atoms with E-state index < -0.39 is 12.1 Å². The van der Waals surface area contributed by atoms with E-state index in [1.54, 1.807) is 23.8 Å². The predicted octanol–water partition coefficient (Wildman–Crippen LogP) is 2.44. The molecule has 3 nitrogen and oxygen atoms in total. The standard InChI is InChI=1S/C9H8BrF3N2OS/c1-5(7-3-2-6(10)4-14-7)17-15-8(16)9(11,12)13/h2-4,17H,1H3,(H,15,16). The molecule has 1 aromatic rings. The van der Waals surface area contributed by atoms with Crippen LogP contribution in [-0.4, -0.2) is 21.9 Å². The maximum atomic E-state index is 11.9. The van der Waals surface area contributed by atoms with Gasteiger partial charge in [-0.25, -0.2) is 0 Å². The second kappa shape index (κ2) is 5.63. The van der Waals surface area contributed by atoms with Gasteiger partial charge in [-0.3, -0.25) is 9.78 Å². The number of alkyl halides is 3. The molecule has 0 aliphatic carbocycles. The van der Waals surface area contributed by atoms with Gasteiger partial charge in [0, 0.05) is 15.5 Å². The SMILES string of the molecule is CC(=[SH]NC(=O)C(F)(F)F)c1ccc(Br)cn1. The van der Waals surface area contributed by atoms with Crippen LogP contribution in [-0.2, 0) is 4.79 Å². The molecule has 0 saturated carbocycles. The molecule has 1 heterocycles. The van der Waals surface area contributed by atoms with E-state index in [1.165, 1.54) is 6.20 Å². The monoisotopic (exact) mass is 328 g/mol. The minimum atomic E-state index is -4.86. The fourth-order valence-corrected chi connectivity index (χ4v) is 1.72. The van der Waals surface area contributed by atoms with Gasteiger partial charge in [0.25, 0.3) is 0 Å². The fraction of sp³-hybridized carbons (Fsp3) is 0.222. The highest BCUT2D eigenvalue weighted by Crippen LogP contribution is 2.15. The third-order valence-electron chi connectivity index (χ3n) is 1.68. The number of hydrogen-bond donors (Lipinski definition) is 2. The molecular formula is C9H8BrF3N2OS. The maximum Gasteiger partial charge on any atom is 0.472 e. The number of halogens is 4. The van der Waals surface area contributed by atoms with Gasteiger partial charge >= 0.3 is 12.1 Å². The zero-order valence-corrected chi connectivity index (χ0v) is 11.0. The lowest BCUT2D eigenvalue weighted by molar-refractivity contribution is -0.171. The zero-order valence-electron chi connectivity index (χ0n) is 8.55. The summed E-state index contributed by atoms with van der Waals surface area (Å²) in [6.45, 7) is 1.59. The topological polar surface area (TPSA) is 42.0 Å². The number of nitrogens with zero attached hydrogens (tertiary/aromatic N) is 1. The van der Waals surface area contributed by atoms with E-state index in [2.05, 4.69) is 20.9 Å². The summed E-state index contributed by atoms with van der Waals surface area (Å²) in [4.78, 5) is 15.1. The number of rotatable bonds is 2. The predicted molar refractivity (Wildman–Crippen MR) is 64.9 cm³/mol. The van der Waals surface area contributed by atoms with Gasteiger partial charge in [-0.05, 0) is 35.0 Å². The van der Waals surface area contributed by atoms with Crippen LogP contribution in [0.2, 0.25) is 0 Å². The number of pyridine rings is 1. The van der Waals surface area contributed by atoms with E-state index in [4.69, 9.17) is 0 Å². The van der Waals surface area contributed by atoms with Crippen molar-refractivity contribution in [2.24, 2.45) is 0 Å². The molecule has 1 amide bonds. The quantitative estimate of drug-likeness (QED) is 0.497. The summed E-state index contributed by atoms with van der Waals surface area (Å²) >= 11 is 3.26. The van der Waals surface area contributed by atoms with E-state index in [0.29, 0.717) is 10.6 Å². The summed E-state index contributed by atoms with van der Waals surface area (Å²) in [6, 6.07) is 3.36. The van der Waals surface area contributed by atoms with Gasteiger partial charge in [0.2, 0.25) is 0 Å². The van der Waals surface area contributed by atoms with Gasteiger partial charge in [-0.15, -0.1) is 11.5 Å². The molecule has 1 N–H and O–H groups in total. The zero-order chi connectivity index (χ0) is 13.1. The molecule has 0 spiro atoms. The number of thiol groups is 1. The third kappa shape index (κ3) is 4.47. The maximum absolute atomic E-state index is 11.9. The van der Waals surface area contributed by atoms with Crippen molar-refractivity contribution in [2.75, 3.05) is 0 Å². The molecule has 0 aliphatic heterocycles. The van der Waals surface area contributed by atoms with Crippen LogP contribution in [0.1, 0.15) is 12.6 Å². The lowest BCUT2D eigenvalue weighted by Gasteiger charge is -2.05. The van der Waals surface area contributed by atoms with Crippen molar-refractivity contribution in [3.8, 4) is 0 Å². The van der Waals surface area contributed by atoms with Crippen molar-refractivity contribution in [3.63, 3.8) is 0 Å². The largest absolute Gasteiger partial charge is 0.472 e. The van der Waals surface area contributed by atoms with Crippen LogP contribution in [0.15, 0.2) is 22.8 Å². The molecule has 0 radical (unpaired) electrons. The Morgan fingerprint density at radius 1 is 1.47 bits per heavy atom. The lowest BCUT2D eigenvalue weighted by atomic mass is 10.3. The second-order valence-electron chi connectivity index (χ2n) is 3.00. The average molecular weight is 329 g/mol. The Morgan fingerprint density at radius 3 is 2.59 bits per heavy atom. The Labute approximate surface area is 108 Å². The van der Waals surface area contributed by atoms with E-state index in [0.717, 1.165) is 4.47 Å². The average Bonchev–Trinajstić information content (AvgIpc) is 2.25.